The molecule has 0 N–H and O–H groups in total. The molecule has 0 amide bonds. The predicted octanol–water partition coefficient (Wildman–Crippen LogP) is 5.62. The first kappa shape index (κ1) is 21.4. The van der Waals surface area contributed by atoms with Gasteiger partial charge in [0.25, 0.3) is 0 Å². The Bertz CT molecular complexity index is 917. The molecule has 164 valence electrons. The average molecular weight is 420 g/mol. The first-order valence-electron chi connectivity index (χ1n) is 11.4. The molecule has 3 aromatic rings. The van der Waals surface area contributed by atoms with Crippen molar-refractivity contribution in [3.05, 3.63) is 66.2 Å². The second-order valence-electron chi connectivity index (χ2n) is 8.30. The van der Waals surface area contributed by atoms with Gasteiger partial charge in [0.2, 0.25) is 5.88 Å². The molecule has 1 saturated heterocycles. The second-order valence-corrected chi connectivity index (χ2v) is 8.30. The van der Waals surface area contributed by atoms with E-state index in [1.807, 2.05) is 30.3 Å². The van der Waals surface area contributed by atoms with Gasteiger partial charge in [0, 0.05) is 24.7 Å². The van der Waals surface area contributed by atoms with Crippen molar-refractivity contribution in [2.45, 2.75) is 38.6 Å². The van der Waals surface area contributed by atoms with Gasteiger partial charge in [-0.1, -0.05) is 60.5 Å². The normalized spacial score (nSPS) is 14.9. The lowest BCUT2D eigenvalue weighted by Gasteiger charge is -2.24. The SMILES string of the molecule is COc1cccc(CN(CCCN2CCCCCC2)c2cc(-c3ccccc3)no2)c1. The minimum absolute atomic E-state index is 0.765. The molecule has 4 rings (SSSR count). The number of rotatable bonds is 9. The highest BCUT2D eigenvalue weighted by Crippen LogP contribution is 2.26. The Labute approximate surface area is 185 Å². The van der Waals surface area contributed by atoms with Crippen LogP contribution in [0.2, 0.25) is 0 Å². The molecule has 1 fully saturated rings. The quantitative estimate of drug-likeness (QED) is 0.450. The highest BCUT2D eigenvalue weighted by molar-refractivity contribution is 5.62. The lowest BCUT2D eigenvalue weighted by molar-refractivity contribution is 0.281. The molecule has 2 heterocycles. The molecule has 0 atom stereocenters. The molecule has 5 heteroatoms. The summed E-state index contributed by atoms with van der Waals surface area (Å²) < 4.78 is 11.2. The highest BCUT2D eigenvalue weighted by Gasteiger charge is 2.16. The number of benzene rings is 2. The summed E-state index contributed by atoms with van der Waals surface area (Å²) in [6.07, 6.45) is 6.51. The fourth-order valence-electron chi connectivity index (χ4n) is 4.26. The van der Waals surface area contributed by atoms with Crippen LogP contribution in [0.3, 0.4) is 0 Å². The third-order valence-corrected chi connectivity index (χ3v) is 5.99. The lowest BCUT2D eigenvalue weighted by atomic mass is 10.1. The van der Waals surface area contributed by atoms with E-state index in [1.54, 1.807) is 7.11 Å². The number of nitrogens with zero attached hydrogens (tertiary/aromatic N) is 3. The molecule has 1 aromatic heterocycles. The third-order valence-electron chi connectivity index (χ3n) is 5.99. The van der Waals surface area contributed by atoms with E-state index in [4.69, 9.17) is 9.26 Å². The van der Waals surface area contributed by atoms with E-state index in [-0.39, 0.29) is 0 Å². The van der Waals surface area contributed by atoms with E-state index in [0.29, 0.717) is 0 Å². The summed E-state index contributed by atoms with van der Waals surface area (Å²) in [7, 11) is 1.71. The smallest absolute Gasteiger partial charge is 0.228 e. The number of hydrogen-bond acceptors (Lipinski definition) is 5. The van der Waals surface area contributed by atoms with E-state index in [0.717, 1.165) is 48.9 Å². The standard InChI is InChI=1S/C26H33N3O2/c1-30-24-14-9-11-22(19-24)21-29(18-10-17-28-15-7-2-3-8-16-28)26-20-25(27-31-26)23-12-5-4-6-13-23/h4-6,9,11-14,19-20H,2-3,7-8,10,15-18,21H2,1H3. The zero-order valence-corrected chi connectivity index (χ0v) is 18.5. The monoisotopic (exact) mass is 419 g/mol. The van der Waals surface area contributed by atoms with Crippen LogP contribution in [-0.4, -0.2) is 43.3 Å². The third kappa shape index (κ3) is 6.11. The summed E-state index contributed by atoms with van der Waals surface area (Å²) in [5.41, 5.74) is 3.15. The van der Waals surface area contributed by atoms with E-state index in [2.05, 4.69) is 45.3 Å². The maximum Gasteiger partial charge on any atom is 0.228 e. The van der Waals surface area contributed by atoms with Crippen LogP contribution in [0.4, 0.5) is 5.88 Å². The number of likely N-dealkylation sites (tertiary alicyclic amines) is 1. The molecule has 0 aliphatic carbocycles. The van der Waals surface area contributed by atoms with Crippen molar-refractivity contribution in [3.63, 3.8) is 0 Å². The van der Waals surface area contributed by atoms with E-state index in [1.165, 1.54) is 44.3 Å². The molecular formula is C26H33N3O2. The summed E-state index contributed by atoms with van der Waals surface area (Å²) >= 11 is 0. The Kier molecular flexibility index (Phi) is 7.61. The molecule has 0 saturated carbocycles. The fraction of sp³-hybridized carbons (Fsp3) is 0.423. The summed E-state index contributed by atoms with van der Waals surface area (Å²) in [6.45, 7) is 5.29. The highest BCUT2D eigenvalue weighted by atomic mass is 16.5. The Hall–Kier alpha value is -2.79. The molecule has 0 bridgehead atoms. The number of ether oxygens (including phenoxy) is 1. The fourth-order valence-corrected chi connectivity index (χ4v) is 4.26. The van der Waals surface area contributed by atoms with Crippen LogP contribution in [0, 0.1) is 0 Å². The maximum atomic E-state index is 5.80. The van der Waals surface area contributed by atoms with Crippen LogP contribution in [0.15, 0.2) is 65.2 Å². The predicted molar refractivity (Wildman–Crippen MR) is 126 cm³/mol. The molecule has 1 aliphatic rings. The van der Waals surface area contributed by atoms with Gasteiger partial charge in [-0.05, 0) is 56.6 Å². The van der Waals surface area contributed by atoms with Crippen LogP contribution < -0.4 is 9.64 Å². The molecule has 2 aromatic carbocycles. The van der Waals surface area contributed by atoms with E-state index in [9.17, 15) is 0 Å². The first-order chi connectivity index (χ1) is 15.3. The van der Waals surface area contributed by atoms with Gasteiger partial charge in [-0.3, -0.25) is 0 Å². The largest absolute Gasteiger partial charge is 0.497 e. The maximum absolute atomic E-state index is 5.80. The zero-order valence-electron chi connectivity index (χ0n) is 18.5. The van der Waals surface area contributed by atoms with Crippen molar-refractivity contribution >= 4 is 5.88 Å². The minimum Gasteiger partial charge on any atom is -0.497 e. The van der Waals surface area contributed by atoms with Crippen LogP contribution >= 0.6 is 0 Å². The van der Waals surface area contributed by atoms with Gasteiger partial charge in [-0.2, -0.15) is 0 Å². The molecule has 0 spiro atoms. The van der Waals surface area contributed by atoms with Gasteiger partial charge < -0.3 is 19.1 Å². The van der Waals surface area contributed by atoms with Crippen LogP contribution in [-0.2, 0) is 6.54 Å². The van der Waals surface area contributed by atoms with Crippen LogP contribution in [0.5, 0.6) is 5.75 Å². The van der Waals surface area contributed by atoms with E-state index < -0.39 is 0 Å². The van der Waals surface area contributed by atoms with Crippen molar-refractivity contribution in [2.24, 2.45) is 0 Å². The number of anilines is 1. The lowest BCUT2D eigenvalue weighted by Crippen LogP contribution is -2.30. The summed E-state index contributed by atoms with van der Waals surface area (Å²) in [4.78, 5) is 4.92. The Morgan fingerprint density at radius 2 is 1.77 bits per heavy atom. The van der Waals surface area contributed by atoms with Crippen molar-refractivity contribution in [1.82, 2.24) is 10.1 Å². The Morgan fingerprint density at radius 3 is 2.55 bits per heavy atom. The second kappa shape index (κ2) is 11.0. The zero-order chi connectivity index (χ0) is 21.3. The van der Waals surface area contributed by atoms with Gasteiger partial charge >= 0.3 is 0 Å². The van der Waals surface area contributed by atoms with Crippen molar-refractivity contribution in [2.75, 3.05) is 38.2 Å². The van der Waals surface area contributed by atoms with Crippen LogP contribution in [0.25, 0.3) is 11.3 Å². The summed E-state index contributed by atoms with van der Waals surface area (Å²) in [6, 6.07) is 20.5. The first-order valence-corrected chi connectivity index (χ1v) is 11.4. The van der Waals surface area contributed by atoms with E-state index >= 15 is 0 Å². The van der Waals surface area contributed by atoms with Gasteiger partial charge in [-0.25, -0.2) is 0 Å². The van der Waals surface area contributed by atoms with Gasteiger partial charge in [-0.15, -0.1) is 0 Å². The molecular weight excluding hydrogens is 386 g/mol. The van der Waals surface area contributed by atoms with Crippen LogP contribution in [0.1, 0.15) is 37.7 Å². The number of aromatic nitrogens is 1. The van der Waals surface area contributed by atoms with Gasteiger partial charge in [0.15, 0.2) is 0 Å². The Morgan fingerprint density at radius 1 is 0.968 bits per heavy atom. The molecule has 0 radical (unpaired) electrons. The molecule has 5 nitrogen and oxygen atoms in total. The molecule has 31 heavy (non-hydrogen) atoms. The van der Waals surface area contributed by atoms with Crippen molar-refractivity contribution in [3.8, 4) is 17.0 Å². The van der Waals surface area contributed by atoms with Crippen molar-refractivity contribution in [1.29, 1.82) is 0 Å². The summed E-state index contributed by atoms with van der Waals surface area (Å²) in [5, 5.41) is 4.34. The number of methoxy groups -OCH3 is 1. The summed E-state index contributed by atoms with van der Waals surface area (Å²) in [5.74, 6) is 1.70. The molecule has 0 unspecified atom stereocenters. The van der Waals surface area contributed by atoms with Gasteiger partial charge in [0.05, 0.1) is 7.11 Å². The minimum atomic E-state index is 0.765. The number of hydrogen-bond donors (Lipinski definition) is 0. The molecule has 1 aliphatic heterocycles. The topological polar surface area (TPSA) is 41.7 Å². The van der Waals surface area contributed by atoms with Gasteiger partial charge in [0.1, 0.15) is 11.4 Å². The average Bonchev–Trinajstić information content (AvgIpc) is 3.17. The Balaban J connectivity index is 1.47. The van der Waals surface area contributed by atoms with Crippen molar-refractivity contribution < 1.29 is 9.26 Å².